The van der Waals surface area contributed by atoms with Crippen molar-refractivity contribution in [2.45, 2.75) is 13.0 Å². The van der Waals surface area contributed by atoms with E-state index in [1.807, 2.05) is 16.3 Å². The average Bonchev–Trinajstić information content (AvgIpc) is 2.90. The lowest BCUT2D eigenvalue weighted by Gasteiger charge is -2.10. The second-order valence-electron chi connectivity index (χ2n) is 3.85. The van der Waals surface area contributed by atoms with Crippen molar-refractivity contribution in [3.05, 3.63) is 12.0 Å². The number of imidazole rings is 1. The molecule has 0 saturated carbocycles. The van der Waals surface area contributed by atoms with Crippen LogP contribution in [0.2, 0.25) is 0 Å². The number of nitrogen functional groups attached to an aromatic ring is 1. The van der Waals surface area contributed by atoms with Crippen LogP contribution < -0.4 is 5.73 Å². The summed E-state index contributed by atoms with van der Waals surface area (Å²) in [6.45, 7) is 0.836. The van der Waals surface area contributed by atoms with Gasteiger partial charge in [0.05, 0.1) is 13.4 Å². The van der Waals surface area contributed by atoms with E-state index in [1.54, 1.807) is 6.33 Å². The minimum absolute atomic E-state index is 0.216. The zero-order valence-electron chi connectivity index (χ0n) is 9.18. The number of aromatic nitrogens is 2. The Hall–Kier alpha value is -1.17. The lowest BCUT2D eigenvalue weighted by Crippen LogP contribution is -2.13. The summed E-state index contributed by atoms with van der Waals surface area (Å²) in [6.07, 6.45) is 2.82. The molecule has 1 saturated heterocycles. The van der Waals surface area contributed by atoms with E-state index < -0.39 is 5.97 Å². The predicted molar refractivity (Wildman–Crippen MR) is 63.4 cm³/mol. The molecular formula is C10H15N3O2S. The minimum atomic E-state index is -0.475. The molecule has 0 amide bonds. The van der Waals surface area contributed by atoms with E-state index in [0.717, 1.165) is 12.3 Å². The quantitative estimate of drug-likeness (QED) is 0.800. The molecule has 2 rings (SSSR count). The summed E-state index contributed by atoms with van der Waals surface area (Å²) in [5.74, 6) is 2.93. The Morgan fingerprint density at radius 2 is 2.62 bits per heavy atom. The number of hydrogen-bond donors (Lipinski definition) is 1. The third-order valence-corrected chi connectivity index (χ3v) is 3.97. The fourth-order valence-electron chi connectivity index (χ4n) is 1.80. The summed E-state index contributed by atoms with van der Waals surface area (Å²) in [4.78, 5) is 15.3. The second kappa shape index (κ2) is 4.78. The molecule has 88 valence electrons. The summed E-state index contributed by atoms with van der Waals surface area (Å²) < 4.78 is 6.44. The Bertz CT molecular complexity index is 385. The summed E-state index contributed by atoms with van der Waals surface area (Å²) in [5, 5.41) is 0. The Kier molecular flexibility index (Phi) is 3.38. The molecule has 0 aliphatic carbocycles. The first-order valence-electron chi connectivity index (χ1n) is 5.19. The third-order valence-electron chi connectivity index (χ3n) is 2.74. The molecule has 1 atom stereocenters. The number of nitrogens with zero attached hydrogens (tertiary/aromatic N) is 2. The molecular weight excluding hydrogens is 226 g/mol. The van der Waals surface area contributed by atoms with E-state index in [2.05, 4.69) is 9.72 Å². The summed E-state index contributed by atoms with van der Waals surface area (Å²) in [7, 11) is 1.33. The van der Waals surface area contributed by atoms with E-state index in [-0.39, 0.29) is 5.69 Å². The van der Waals surface area contributed by atoms with Crippen molar-refractivity contribution < 1.29 is 9.53 Å². The number of carbonyl (C=O) groups is 1. The SMILES string of the molecule is COC(=O)c1ncn(CC2CCSC2)c1N. The Morgan fingerprint density at radius 3 is 3.25 bits per heavy atom. The summed E-state index contributed by atoms with van der Waals surface area (Å²) in [6, 6.07) is 0. The highest BCUT2D eigenvalue weighted by molar-refractivity contribution is 7.99. The molecule has 0 aromatic carbocycles. The van der Waals surface area contributed by atoms with Crippen molar-refractivity contribution in [3.63, 3.8) is 0 Å². The molecule has 1 aliphatic heterocycles. The van der Waals surface area contributed by atoms with Crippen molar-refractivity contribution in [3.8, 4) is 0 Å². The molecule has 0 radical (unpaired) electrons. The lowest BCUT2D eigenvalue weighted by atomic mass is 10.1. The maximum Gasteiger partial charge on any atom is 0.360 e. The van der Waals surface area contributed by atoms with Crippen LogP contribution in [0, 0.1) is 5.92 Å². The summed E-state index contributed by atoms with van der Waals surface area (Å²) >= 11 is 1.96. The molecule has 2 N–H and O–H groups in total. The van der Waals surface area contributed by atoms with Gasteiger partial charge in [0.25, 0.3) is 0 Å². The van der Waals surface area contributed by atoms with E-state index >= 15 is 0 Å². The van der Waals surface area contributed by atoms with Crippen LogP contribution >= 0.6 is 11.8 Å². The maximum atomic E-state index is 11.3. The monoisotopic (exact) mass is 241 g/mol. The van der Waals surface area contributed by atoms with Crippen LogP contribution in [0.25, 0.3) is 0 Å². The van der Waals surface area contributed by atoms with Gasteiger partial charge in [0.15, 0.2) is 5.69 Å². The zero-order valence-corrected chi connectivity index (χ0v) is 10.00. The zero-order chi connectivity index (χ0) is 11.5. The van der Waals surface area contributed by atoms with Crippen LogP contribution in [-0.4, -0.2) is 34.1 Å². The fraction of sp³-hybridized carbons (Fsp3) is 0.600. The number of anilines is 1. The topological polar surface area (TPSA) is 70.1 Å². The molecule has 16 heavy (non-hydrogen) atoms. The van der Waals surface area contributed by atoms with Gasteiger partial charge < -0.3 is 15.0 Å². The number of hydrogen-bond acceptors (Lipinski definition) is 5. The van der Waals surface area contributed by atoms with Crippen LogP contribution in [-0.2, 0) is 11.3 Å². The second-order valence-corrected chi connectivity index (χ2v) is 5.00. The van der Waals surface area contributed by atoms with Crippen molar-refractivity contribution in [2.24, 2.45) is 5.92 Å². The molecule has 0 bridgehead atoms. The third kappa shape index (κ3) is 2.16. The highest BCUT2D eigenvalue weighted by atomic mass is 32.2. The molecule has 0 spiro atoms. The predicted octanol–water partition coefficient (Wildman–Crippen LogP) is 1.01. The molecule has 1 aliphatic rings. The van der Waals surface area contributed by atoms with Gasteiger partial charge in [0, 0.05) is 6.54 Å². The minimum Gasteiger partial charge on any atom is -0.464 e. The van der Waals surface area contributed by atoms with Crippen molar-refractivity contribution in [1.82, 2.24) is 9.55 Å². The number of methoxy groups -OCH3 is 1. The molecule has 6 heteroatoms. The van der Waals surface area contributed by atoms with Crippen LogP contribution in [0.4, 0.5) is 5.82 Å². The largest absolute Gasteiger partial charge is 0.464 e. The van der Waals surface area contributed by atoms with Crippen LogP contribution in [0.15, 0.2) is 6.33 Å². The van der Waals surface area contributed by atoms with Crippen LogP contribution in [0.5, 0.6) is 0 Å². The van der Waals surface area contributed by atoms with Crippen LogP contribution in [0.1, 0.15) is 16.9 Å². The maximum absolute atomic E-state index is 11.3. The normalized spacial score (nSPS) is 19.9. The van der Waals surface area contributed by atoms with E-state index in [1.165, 1.54) is 19.3 Å². The number of carbonyl (C=O) groups excluding carboxylic acids is 1. The van der Waals surface area contributed by atoms with Gasteiger partial charge in [0.2, 0.25) is 0 Å². The first-order valence-corrected chi connectivity index (χ1v) is 6.34. The number of nitrogens with two attached hydrogens (primary N) is 1. The molecule has 1 aromatic rings. The van der Waals surface area contributed by atoms with Gasteiger partial charge in [-0.05, 0) is 23.8 Å². The van der Waals surface area contributed by atoms with Crippen molar-refractivity contribution in [2.75, 3.05) is 24.3 Å². The Balaban J connectivity index is 2.10. The molecule has 2 heterocycles. The lowest BCUT2D eigenvalue weighted by molar-refractivity contribution is 0.0596. The Morgan fingerprint density at radius 1 is 1.81 bits per heavy atom. The first-order chi connectivity index (χ1) is 7.72. The Labute approximate surface area is 98.4 Å². The first kappa shape index (κ1) is 11.3. The average molecular weight is 241 g/mol. The smallest absolute Gasteiger partial charge is 0.360 e. The van der Waals surface area contributed by atoms with Gasteiger partial charge in [-0.1, -0.05) is 0 Å². The van der Waals surface area contributed by atoms with Gasteiger partial charge in [-0.2, -0.15) is 11.8 Å². The standard InChI is InChI=1S/C10H15N3O2S/c1-15-10(14)8-9(11)13(6-12-8)4-7-2-3-16-5-7/h6-7H,2-5,11H2,1H3. The highest BCUT2D eigenvalue weighted by Gasteiger charge is 2.20. The fourth-order valence-corrected chi connectivity index (χ4v) is 3.07. The van der Waals surface area contributed by atoms with Gasteiger partial charge in [-0.3, -0.25) is 0 Å². The van der Waals surface area contributed by atoms with Crippen LogP contribution in [0.3, 0.4) is 0 Å². The number of esters is 1. The van der Waals surface area contributed by atoms with E-state index in [4.69, 9.17) is 5.73 Å². The van der Waals surface area contributed by atoms with Crippen molar-refractivity contribution >= 4 is 23.5 Å². The van der Waals surface area contributed by atoms with E-state index in [0.29, 0.717) is 11.7 Å². The number of rotatable bonds is 3. The molecule has 1 aromatic heterocycles. The van der Waals surface area contributed by atoms with Crippen molar-refractivity contribution in [1.29, 1.82) is 0 Å². The molecule has 1 fully saturated rings. The number of ether oxygens (including phenoxy) is 1. The number of thioether (sulfide) groups is 1. The van der Waals surface area contributed by atoms with E-state index in [9.17, 15) is 4.79 Å². The van der Waals surface area contributed by atoms with Gasteiger partial charge in [0.1, 0.15) is 5.82 Å². The summed E-state index contributed by atoms with van der Waals surface area (Å²) in [5.41, 5.74) is 6.07. The highest BCUT2D eigenvalue weighted by Crippen LogP contribution is 2.26. The van der Waals surface area contributed by atoms with Gasteiger partial charge >= 0.3 is 5.97 Å². The molecule has 1 unspecified atom stereocenters. The molecule has 5 nitrogen and oxygen atoms in total. The van der Waals surface area contributed by atoms with Gasteiger partial charge in [-0.15, -0.1) is 0 Å². The van der Waals surface area contributed by atoms with Gasteiger partial charge in [-0.25, -0.2) is 9.78 Å².